The van der Waals surface area contributed by atoms with Crippen LogP contribution in [0.4, 0.5) is 4.39 Å². The quantitative estimate of drug-likeness (QED) is 0.435. The maximum atomic E-state index is 11.3. The van der Waals surface area contributed by atoms with E-state index in [1.807, 2.05) is 0 Å². The van der Waals surface area contributed by atoms with Crippen LogP contribution in [-0.4, -0.2) is 18.4 Å². The predicted octanol–water partition coefficient (Wildman–Crippen LogP) is 1.28. The maximum Gasteiger partial charge on any atom is 0.0897 e. The Balaban J connectivity index is 2.80. The number of rotatable bonds is 4. The molecular formula is C6H11FO. The summed E-state index contributed by atoms with van der Waals surface area (Å²) < 4.78 is 11.3. The van der Waals surface area contributed by atoms with Crippen LogP contribution in [0.1, 0.15) is 12.8 Å². The number of halogens is 1. The van der Waals surface area contributed by atoms with Gasteiger partial charge in [0.05, 0.1) is 13.3 Å². The van der Waals surface area contributed by atoms with Crippen LogP contribution >= 0.6 is 0 Å². The first-order valence-electron chi connectivity index (χ1n) is 2.73. The smallest absolute Gasteiger partial charge is 0.0897 e. The van der Waals surface area contributed by atoms with Gasteiger partial charge in [0.1, 0.15) is 0 Å². The summed E-state index contributed by atoms with van der Waals surface area (Å²) in [7, 11) is 0. The molecule has 0 aromatic carbocycles. The molecule has 0 aromatic heterocycles. The van der Waals surface area contributed by atoms with Gasteiger partial charge in [-0.25, -0.2) is 0 Å². The fourth-order valence-corrected chi connectivity index (χ4v) is 0.387. The van der Waals surface area contributed by atoms with E-state index >= 15 is 0 Å². The van der Waals surface area contributed by atoms with Crippen LogP contribution in [0, 0.1) is 0 Å². The predicted molar refractivity (Wildman–Crippen MR) is 31.4 cm³/mol. The monoisotopic (exact) mass is 118 g/mol. The van der Waals surface area contributed by atoms with Crippen molar-refractivity contribution in [1.82, 2.24) is 0 Å². The van der Waals surface area contributed by atoms with Crippen LogP contribution in [-0.2, 0) is 0 Å². The van der Waals surface area contributed by atoms with Crippen molar-refractivity contribution in [3.63, 3.8) is 0 Å². The number of hydrogen-bond donors (Lipinski definition) is 1. The van der Waals surface area contributed by atoms with Crippen molar-refractivity contribution in [2.75, 3.05) is 13.3 Å². The molecule has 0 saturated carbocycles. The lowest BCUT2D eigenvalue weighted by molar-refractivity contribution is 0.342. The molecule has 0 radical (unpaired) electrons. The van der Waals surface area contributed by atoms with Crippen LogP contribution < -0.4 is 0 Å². The van der Waals surface area contributed by atoms with E-state index < -0.39 is 0 Å². The Morgan fingerprint density at radius 3 is 2.62 bits per heavy atom. The van der Waals surface area contributed by atoms with Gasteiger partial charge in [0, 0.05) is 0 Å². The highest BCUT2D eigenvalue weighted by atomic mass is 19.1. The Morgan fingerprint density at radius 2 is 2.12 bits per heavy atom. The van der Waals surface area contributed by atoms with Crippen LogP contribution in [0.15, 0.2) is 12.2 Å². The molecule has 0 saturated heterocycles. The number of aliphatic hydroxyl groups excluding tert-OH is 1. The highest BCUT2D eigenvalue weighted by molar-refractivity contribution is 4.79. The van der Waals surface area contributed by atoms with E-state index in [0.29, 0.717) is 6.42 Å². The molecule has 48 valence electrons. The molecule has 0 aromatic rings. The first kappa shape index (κ1) is 7.63. The van der Waals surface area contributed by atoms with Crippen LogP contribution in [0.3, 0.4) is 0 Å². The van der Waals surface area contributed by atoms with Gasteiger partial charge in [-0.05, 0) is 12.8 Å². The molecule has 1 nitrogen and oxygen atoms in total. The van der Waals surface area contributed by atoms with E-state index in [0.717, 1.165) is 6.42 Å². The van der Waals surface area contributed by atoms with Crippen molar-refractivity contribution < 1.29 is 9.50 Å². The van der Waals surface area contributed by atoms with Gasteiger partial charge in [0.2, 0.25) is 0 Å². The zero-order valence-electron chi connectivity index (χ0n) is 4.81. The van der Waals surface area contributed by atoms with Crippen molar-refractivity contribution in [3.8, 4) is 0 Å². The molecule has 0 atom stereocenters. The van der Waals surface area contributed by atoms with Gasteiger partial charge in [-0.3, -0.25) is 4.39 Å². The summed E-state index contributed by atoms with van der Waals surface area (Å²) in [5.74, 6) is 0. The van der Waals surface area contributed by atoms with Gasteiger partial charge in [0.25, 0.3) is 0 Å². The van der Waals surface area contributed by atoms with E-state index in [1.54, 1.807) is 12.2 Å². The normalized spacial score (nSPS) is 10.8. The van der Waals surface area contributed by atoms with Crippen molar-refractivity contribution in [2.45, 2.75) is 12.8 Å². The molecule has 1 N–H and O–H groups in total. The number of allylic oxidation sites excluding steroid dienone is 1. The number of alkyl halides is 1. The fraction of sp³-hybridized carbons (Fsp3) is 0.667. The Hall–Kier alpha value is -0.370. The van der Waals surface area contributed by atoms with E-state index in [4.69, 9.17) is 5.11 Å². The van der Waals surface area contributed by atoms with Gasteiger partial charge in [-0.2, -0.15) is 0 Å². The molecule has 0 bridgehead atoms. The van der Waals surface area contributed by atoms with E-state index in [2.05, 4.69) is 0 Å². The highest BCUT2D eigenvalue weighted by Crippen LogP contribution is 1.89. The lowest BCUT2D eigenvalue weighted by atomic mass is 10.3. The van der Waals surface area contributed by atoms with E-state index in [1.165, 1.54) is 0 Å². The Bertz CT molecular complexity index is 61.5. The molecule has 0 amide bonds. The lowest BCUT2D eigenvalue weighted by Crippen LogP contribution is -1.74. The zero-order valence-corrected chi connectivity index (χ0v) is 4.81. The average molecular weight is 118 g/mol. The summed E-state index contributed by atoms with van der Waals surface area (Å²) in [4.78, 5) is 0. The molecule has 0 heterocycles. The summed E-state index contributed by atoms with van der Waals surface area (Å²) in [6.07, 6.45) is 4.70. The summed E-state index contributed by atoms with van der Waals surface area (Å²) in [6, 6.07) is 0. The van der Waals surface area contributed by atoms with Crippen LogP contribution in [0.5, 0.6) is 0 Å². The minimum Gasteiger partial charge on any atom is -0.392 e. The van der Waals surface area contributed by atoms with E-state index in [-0.39, 0.29) is 13.3 Å². The third kappa shape index (κ3) is 5.63. The molecule has 0 fully saturated rings. The van der Waals surface area contributed by atoms with Gasteiger partial charge in [0.15, 0.2) is 0 Å². The molecule has 0 aliphatic rings. The molecule has 0 aliphatic carbocycles. The summed E-state index contributed by atoms with van der Waals surface area (Å²) in [5.41, 5.74) is 0. The van der Waals surface area contributed by atoms with E-state index in [9.17, 15) is 4.39 Å². The van der Waals surface area contributed by atoms with Crippen molar-refractivity contribution in [2.24, 2.45) is 0 Å². The second-order valence-corrected chi connectivity index (χ2v) is 1.49. The SMILES string of the molecule is OCC=CCCCF. The van der Waals surface area contributed by atoms with Crippen LogP contribution in [0.25, 0.3) is 0 Å². The average Bonchev–Trinajstić information content (AvgIpc) is 1.81. The Labute approximate surface area is 48.8 Å². The molecule has 0 spiro atoms. The van der Waals surface area contributed by atoms with Gasteiger partial charge in [-0.1, -0.05) is 12.2 Å². The third-order valence-corrected chi connectivity index (χ3v) is 0.776. The van der Waals surface area contributed by atoms with Gasteiger partial charge < -0.3 is 5.11 Å². The van der Waals surface area contributed by atoms with Crippen LogP contribution in [0.2, 0.25) is 0 Å². The highest BCUT2D eigenvalue weighted by Gasteiger charge is 1.77. The zero-order chi connectivity index (χ0) is 6.24. The summed E-state index contributed by atoms with van der Waals surface area (Å²) in [6.45, 7) is -0.206. The first-order chi connectivity index (χ1) is 3.91. The maximum absolute atomic E-state index is 11.3. The summed E-state index contributed by atoms with van der Waals surface area (Å²) in [5, 5.41) is 8.19. The largest absolute Gasteiger partial charge is 0.392 e. The molecule has 8 heavy (non-hydrogen) atoms. The van der Waals surface area contributed by atoms with Crippen molar-refractivity contribution in [3.05, 3.63) is 12.2 Å². The molecule has 2 heteroatoms. The van der Waals surface area contributed by atoms with Gasteiger partial charge >= 0.3 is 0 Å². The topological polar surface area (TPSA) is 20.2 Å². The first-order valence-corrected chi connectivity index (χ1v) is 2.73. The molecule has 0 unspecified atom stereocenters. The second kappa shape index (κ2) is 6.63. The van der Waals surface area contributed by atoms with Gasteiger partial charge in [-0.15, -0.1) is 0 Å². The Morgan fingerprint density at radius 1 is 1.38 bits per heavy atom. The molecular weight excluding hydrogens is 107 g/mol. The third-order valence-electron chi connectivity index (χ3n) is 0.776. The minimum atomic E-state index is -0.268. The van der Waals surface area contributed by atoms with Crippen molar-refractivity contribution >= 4 is 0 Å². The fourth-order valence-electron chi connectivity index (χ4n) is 0.387. The Kier molecular flexibility index (Phi) is 6.32. The lowest BCUT2D eigenvalue weighted by Gasteiger charge is -1.83. The molecule has 0 rings (SSSR count). The van der Waals surface area contributed by atoms with Crippen molar-refractivity contribution in [1.29, 1.82) is 0 Å². The molecule has 0 aliphatic heterocycles. The summed E-state index contributed by atoms with van der Waals surface area (Å²) >= 11 is 0. The number of hydrogen-bond acceptors (Lipinski definition) is 1. The minimum absolute atomic E-state index is 0.0618. The second-order valence-electron chi connectivity index (χ2n) is 1.49. The standard InChI is InChI=1S/C6H11FO/c7-5-3-1-2-4-6-8/h2,4,8H,1,3,5-6H2. The number of unbranched alkanes of at least 4 members (excludes halogenated alkanes) is 1. The number of aliphatic hydroxyl groups is 1.